The number of carbonyl (C=O) groups excluding carboxylic acids is 3. The molecule has 0 saturated heterocycles. The van der Waals surface area contributed by atoms with Crippen LogP contribution in [0.25, 0.3) is 10.9 Å². The Morgan fingerprint density at radius 3 is 1.86 bits per heavy atom. The van der Waals surface area contributed by atoms with Gasteiger partial charge in [-0.25, -0.2) is 0 Å². The Kier molecular flexibility index (Phi) is 7.95. The molecule has 0 aliphatic heterocycles. The summed E-state index contributed by atoms with van der Waals surface area (Å²) < 4.78 is 0. The molecule has 0 fully saturated rings. The molecule has 184 valence electrons. The monoisotopic (exact) mass is 481 g/mol. The Morgan fingerprint density at radius 1 is 0.778 bits per heavy atom. The van der Waals surface area contributed by atoms with E-state index in [1.807, 2.05) is 105 Å². The van der Waals surface area contributed by atoms with Crippen LogP contribution < -0.4 is 5.32 Å². The molecule has 3 amide bonds. The van der Waals surface area contributed by atoms with Crippen molar-refractivity contribution < 1.29 is 14.4 Å². The van der Waals surface area contributed by atoms with Gasteiger partial charge in [-0.05, 0) is 36.6 Å². The molecule has 0 bridgehead atoms. The standard InChI is InChI=1S/C30H31N3O3/c1-21(2)32-30(36)27(19-24-20-31-26-16-10-9-15-25(24)26)33(28(34)17-22-11-5-3-6-12-22)29(35)18-23-13-7-4-8-14-23/h3-16,20-21,27,31H,17-19H2,1-2H3,(H,32,36). The van der Waals surface area contributed by atoms with Crippen molar-refractivity contribution in [1.82, 2.24) is 15.2 Å². The van der Waals surface area contributed by atoms with Gasteiger partial charge >= 0.3 is 0 Å². The van der Waals surface area contributed by atoms with E-state index in [0.717, 1.165) is 27.6 Å². The first-order valence-electron chi connectivity index (χ1n) is 12.2. The maximum Gasteiger partial charge on any atom is 0.243 e. The highest BCUT2D eigenvalue weighted by Crippen LogP contribution is 2.22. The largest absolute Gasteiger partial charge is 0.361 e. The van der Waals surface area contributed by atoms with E-state index < -0.39 is 17.9 Å². The van der Waals surface area contributed by atoms with Crippen LogP contribution in [0.5, 0.6) is 0 Å². The summed E-state index contributed by atoms with van der Waals surface area (Å²) in [6, 6.07) is 25.2. The van der Waals surface area contributed by atoms with Crippen molar-refractivity contribution in [2.75, 3.05) is 0 Å². The molecule has 1 atom stereocenters. The first-order valence-corrected chi connectivity index (χ1v) is 12.2. The van der Waals surface area contributed by atoms with Crippen LogP contribution in [-0.4, -0.2) is 39.7 Å². The SMILES string of the molecule is CC(C)NC(=O)C(Cc1c[nH]c2ccccc12)N(C(=O)Cc1ccccc1)C(=O)Cc1ccccc1. The number of hydrogen-bond acceptors (Lipinski definition) is 3. The van der Waals surface area contributed by atoms with Crippen molar-refractivity contribution in [1.29, 1.82) is 0 Å². The molecule has 6 nitrogen and oxygen atoms in total. The van der Waals surface area contributed by atoms with Crippen molar-refractivity contribution in [3.8, 4) is 0 Å². The zero-order valence-electron chi connectivity index (χ0n) is 20.6. The summed E-state index contributed by atoms with van der Waals surface area (Å²) >= 11 is 0. The van der Waals surface area contributed by atoms with Crippen LogP contribution >= 0.6 is 0 Å². The average molecular weight is 482 g/mol. The van der Waals surface area contributed by atoms with E-state index in [-0.39, 0.29) is 31.2 Å². The molecule has 36 heavy (non-hydrogen) atoms. The third-order valence-corrected chi connectivity index (χ3v) is 6.07. The lowest BCUT2D eigenvalue weighted by atomic mass is 10.00. The van der Waals surface area contributed by atoms with Crippen LogP contribution in [-0.2, 0) is 33.6 Å². The van der Waals surface area contributed by atoms with Crippen molar-refractivity contribution in [2.24, 2.45) is 0 Å². The van der Waals surface area contributed by atoms with E-state index in [1.54, 1.807) is 0 Å². The fourth-order valence-corrected chi connectivity index (χ4v) is 4.39. The zero-order valence-corrected chi connectivity index (χ0v) is 20.6. The average Bonchev–Trinajstić information content (AvgIpc) is 3.27. The molecule has 0 spiro atoms. The highest BCUT2D eigenvalue weighted by molar-refractivity contribution is 6.02. The maximum absolute atomic E-state index is 13.7. The molecule has 4 rings (SSSR count). The predicted molar refractivity (Wildman–Crippen MR) is 141 cm³/mol. The molecule has 2 N–H and O–H groups in total. The van der Waals surface area contributed by atoms with Crippen molar-refractivity contribution >= 4 is 28.6 Å². The van der Waals surface area contributed by atoms with Gasteiger partial charge in [0.05, 0.1) is 12.8 Å². The van der Waals surface area contributed by atoms with Gasteiger partial charge in [0, 0.05) is 29.6 Å². The summed E-state index contributed by atoms with van der Waals surface area (Å²) in [5.74, 6) is -1.14. The number of nitrogens with zero attached hydrogens (tertiary/aromatic N) is 1. The second-order valence-electron chi connectivity index (χ2n) is 9.22. The minimum absolute atomic E-state index is 0.0285. The Bertz CT molecular complexity index is 1280. The van der Waals surface area contributed by atoms with Gasteiger partial charge in [-0.15, -0.1) is 0 Å². The number of para-hydroxylation sites is 1. The number of amides is 3. The van der Waals surface area contributed by atoms with Crippen molar-refractivity contribution in [2.45, 2.75) is 45.2 Å². The number of rotatable bonds is 9. The number of hydrogen-bond donors (Lipinski definition) is 2. The fraction of sp³-hybridized carbons (Fsp3) is 0.233. The predicted octanol–water partition coefficient (Wildman–Crippen LogP) is 4.44. The molecule has 0 aliphatic carbocycles. The highest BCUT2D eigenvalue weighted by Gasteiger charge is 2.35. The maximum atomic E-state index is 13.7. The first kappa shape index (κ1) is 24.9. The molecule has 1 aromatic heterocycles. The molecule has 0 aliphatic rings. The second-order valence-corrected chi connectivity index (χ2v) is 9.22. The molecule has 1 heterocycles. The number of imide groups is 1. The lowest BCUT2D eigenvalue weighted by Crippen LogP contribution is -2.55. The van der Waals surface area contributed by atoms with Gasteiger partial charge in [-0.2, -0.15) is 0 Å². The van der Waals surface area contributed by atoms with Crippen LogP contribution in [0, 0.1) is 0 Å². The molecule has 3 aromatic carbocycles. The summed E-state index contributed by atoms with van der Waals surface area (Å²) in [5.41, 5.74) is 3.39. The van der Waals surface area contributed by atoms with Crippen LogP contribution in [0.15, 0.2) is 91.1 Å². The summed E-state index contributed by atoms with van der Waals surface area (Å²) in [5, 5.41) is 3.89. The summed E-state index contributed by atoms with van der Waals surface area (Å²) in [4.78, 5) is 45.3. The molecule has 0 radical (unpaired) electrons. The molecule has 0 saturated carbocycles. The summed E-state index contributed by atoms with van der Waals surface area (Å²) in [7, 11) is 0. The van der Waals surface area contributed by atoms with E-state index in [2.05, 4.69) is 10.3 Å². The molecular weight excluding hydrogens is 450 g/mol. The lowest BCUT2D eigenvalue weighted by Gasteiger charge is -2.30. The van der Waals surface area contributed by atoms with E-state index in [4.69, 9.17) is 0 Å². The van der Waals surface area contributed by atoms with Crippen LogP contribution in [0.4, 0.5) is 0 Å². The third-order valence-electron chi connectivity index (χ3n) is 6.07. The van der Waals surface area contributed by atoms with Crippen molar-refractivity contribution in [3.63, 3.8) is 0 Å². The van der Waals surface area contributed by atoms with E-state index in [9.17, 15) is 14.4 Å². The number of nitrogens with one attached hydrogen (secondary N) is 2. The minimum Gasteiger partial charge on any atom is -0.361 e. The molecule has 6 heteroatoms. The minimum atomic E-state index is -0.987. The Hall–Kier alpha value is -4.19. The van der Waals surface area contributed by atoms with Gasteiger partial charge in [-0.1, -0.05) is 78.9 Å². The number of benzene rings is 3. The quantitative estimate of drug-likeness (QED) is 0.371. The normalized spacial score (nSPS) is 11.9. The van der Waals surface area contributed by atoms with Gasteiger partial charge in [0.1, 0.15) is 6.04 Å². The zero-order chi connectivity index (χ0) is 25.5. The van der Waals surface area contributed by atoms with Crippen LogP contribution in [0.2, 0.25) is 0 Å². The molecule has 1 unspecified atom stereocenters. The number of H-pyrrole nitrogens is 1. The van der Waals surface area contributed by atoms with E-state index in [1.165, 1.54) is 4.90 Å². The van der Waals surface area contributed by atoms with Gasteiger partial charge in [0.25, 0.3) is 0 Å². The number of carbonyl (C=O) groups is 3. The number of aromatic amines is 1. The van der Waals surface area contributed by atoms with Gasteiger partial charge in [0.2, 0.25) is 17.7 Å². The summed E-state index contributed by atoms with van der Waals surface area (Å²) in [6.45, 7) is 3.73. The molecule has 4 aromatic rings. The summed E-state index contributed by atoms with van der Waals surface area (Å²) in [6.07, 6.45) is 2.12. The van der Waals surface area contributed by atoms with Crippen LogP contribution in [0.1, 0.15) is 30.5 Å². The third kappa shape index (κ3) is 6.08. The van der Waals surface area contributed by atoms with Crippen molar-refractivity contribution in [3.05, 3.63) is 108 Å². The fourth-order valence-electron chi connectivity index (χ4n) is 4.39. The van der Waals surface area contributed by atoms with Crippen LogP contribution in [0.3, 0.4) is 0 Å². The van der Waals surface area contributed by atoms with E-state index >= 15 is 0 Å². The lowest BCUT2D eigenvalue weighted by molar-refractivity contribution is -0.151. The smallest absolute Gasteiger partial charge is 0.243 e. The first-order chi connectivity index (χ1) is 17.4. The number of fused-ring (bicyclic) bond motifs is 1. The molecular formula is C30H31N3O3. The second kappa shape index (κ2) is 11.5. The van der Waals surface area contributed by atoms with Gasteiger partial charge in [0.15, 0.2) is 0 Å². The Balaban J connectivity index is 1.72. The Morgan fingerprint density at radius 2 is 1.31 bits per heavy atom. The topological polar surface area (TPSA) is 82.3 Å². The highest BCUT2D eigenvalue weighted by atomic mass is 16.2. The number of aromatic nitrogens is 1. The van der Waals surface area contributed by atoms with E-state index in [0.29, 0.717) is 0 Å². The van der Waals surface area contributed by atoms with Gasteiger partial charge in [-0.3, -0.25) is 19.3 Å². The van der Waals surface area contributed by atoms with Gasteiger partial charge < -0.3 is 10.3 Å². The Labute approximate surface area is 211 Å².